The van der Waals surface area contributed by atoms with Crippen LogP contribution in [0.3, 0.4) is 0 Å². The van der Waals surface area contributed by atoms with Crippen LogP contribution in [-0.4, -0.2) is 37.1 Å². The number of H-pyrrole nitrogens is 1. The van der Waals surface area contributed by atoms with Gasteiger partial charge in [-0.05, 0) is 31.2 Å². The molecule has 0 saturated heterocycles. The van der Waals surface area contributed by atoms with Gasteiger partial charge in [-0.3, -0.25) is 9.59 Å². The number of benzene rings is 2. The van der Waals surface area contributed by atoms with Crippen LogP contribution in [0.1, 0.15) is 34.5 Å². The van der Waals surface area contributed by atoms with Gasteiger partial charge in [-0.25, -0.2) is 5.43 Å². The molecule has 0 saturated carbocycles. The monoisotopic (exact) mass is 393 g/mol. The molecule has 0 atom stereocenters. The molecule has 3 aromatic rings. The minimum absolute atomic E-state index is 0.0391. The van der Waals surface area contributed by atoms with E-state index < -0.39 is 0 Å². The highest BCUT2D eigenvalue weighted by Crippen LogP contribution is 2.28. The Labute approximate surface area is 168 Å². The van der Waals surface area contributed by atoms with E-state index >= 15 is 0 Å². The van der Waals surface area contributed by atoms with E-state index in [9.17, 15) is 9.59 Å². The van der Waals surface area contributed by atoms with Gasteiger partial charge in [-0.15, -0.1) is 0 Å². The molecule has 1 amide bonds. The molecule has 0 spiro atoms. The Kier molecular flexibility index (Phi) is 6.29. The van der Waals surface area contributed by atoms with Gasteiger partial charge in [0.1, 0.15) is 0 Å². The van der Waals surface area contributed by atoms with Crippen LogP contribution in [-0.2, 0) is 4.79 Å². The predicted octanol–water partition coefficient (Wildman–Crippen LogP) is 3.61. The number of rotatable bonds is 8. The molecule has 7 heteroatoms. The largest absolute Gasteiger partial charge is 0.493 e. The first kappa shape index (κ1) is 20.1. The van der Waals surface area contributed by atoms with Crippen molar-refractivity contribution in [1.82, 2.24) is 10.4 Å². The Hall–Kier alpha value is -3.61. The van der Waals surface area contributed by atoms with Crippen LogP contribution in [0.4, 0.5) is 0 Å². The Morgan fingerprint density at radius 3 is 2.59 bits per heavy atom. The zero-order chi connectivity index (χ0) is 20.8. The second kappa shape index (κ2) is 9.05. The topological polar surface area (TPSA) is 92.8 Å². The first-order valence-electron chi connectivity index (χ1n) is 9.18. The van der Waals surface area contributed by atoms with E-state index in [0.717, 1.165) is 22.2 Å². The Morgan fingerprint density at radius 2 is 1.83 bits per heavy atom. The first-order chi connectivity index (χ1) is 14.0. The molecule has 0 bridgehead atoms. The van der Waals surface area contributed by atoms with Gasteiger partial charge in [0.2, 0.25) is 5.91 Å². The maximum atomic E-state index is 12.3. The molecule has 0 aliphatic rings. The minimum atomic E-state index is -0.326. The molecule has 1 aromatic heterocycles. The minimum Gasteiger partial charge on any atom is -0.493 e. The third-order valence-corrected chi connectivity index (χ3v) is 4.61. The van der Waals surface area contributed by atoms with Crippen molar-refractivity contribution < 1.29 is 19.1 Å². The average molecular weight is 393 g/mol. The first-order valence-corrected chi connectivity index (χ1v) is 9.18. The van der Waals surface area contributed by atoms with Crippen LogP contribution in [0.15, 0.2) is 47.6 Å². The molecule has 0 fully saturated rings. The van der Waals surface area contributed by atoms with Crippen LogP contribution in [0, 0.1) is 6.92 Å². The molecule has 0 unspecified atom stereocenters. The zero-order valence-corrected chi connectivity index (χ0v) is 16.6. The van der Waals surface area contributed by atoms with Gasteiger partial charge in [0.15, 0.2) is 17.3 Å². The fourth-order valence-electron chi connectivity index (χ4n) is 3.07. The number of hydrogen-bond acceptors (Lipinski definition) is 5. The summed E-state index contributed by atoms with van der Waals surface area (Å²) >= 11 is 0. The summed E-state index contributed by atoms with van der Waals surface area (Å²) in [6.07, 6.45) is 1.72. The normalized spacial score (nSPS) is 11.0. The summed E-state index contributed by atoms with van der Waals surface area (Å²) in [4.78, 5) is 27.7. The standard InChI is InChI=1S/C22H23N3O4/c1-14-17(16-6-4-5-7-18(16)24-14)13-23-25-22(27)11-9-19(26)15-8-10-20(28-2)21(12-15)29-3/h4-8,10,12-13,24H,9,11H2,1-3H3,(H,25,27)/b23-13+. The molecule has 1 heterocycles. The van der Waals surface area contributed by atoms with Crippen molar-refractivity contribution in [2.45, 2.75) is 19.8 Å². The number of amides is 1. The predicted molar refractivity (Wildman–Crippen MR) is 112 cm³/mol. The van der Waals surface area contributed by atoms with Crippen molar-refractivity contribution in [1.29, 1.82) is 0 Å². The molecular weight excluding hydrogens is 370 g/mol. The maximum Gasteiger partial charge on any atom is 0.240 e. The highest BCUT2D eigenvalue weighted by molar-refractivity contribution is 6.01. The number of nitrogens with zero attached hydrogens (tertiary/aromatic N) is 1. The van der Waals surface area contributed by atoms with E-state index in [1.165, 1.54) is 14.2 Å². The van der Waals surface area contributed by atoms with Crippen molar-refractivity contribution in [2.75, 3.05) is 14.2 Å². The number of Topliss-reactive ketones (excluding diaryl/α,β-unsaturated/α-hetero) is 1. The van der Waals surface area contributed by atoms with E-state index in [1.807, 2.05) is 31.2 Å². The smallest absolute Gasteiger partial charge is 0.240 e. The number of fused-ring (bicyclic) bond motifs is 1. The van der Waals surface area contributed by atoms with Gasteiger partial charge in [0.05, 0.1) is 20.4 Å². The number of nitrogens with one attached hydrogen (secondary N) is 2. The number of aromatic amines is 1. The number of hydrazone groups is 1. The number of hydrogen-bond donors (Lipinski definition) is 2. The number of ether oxygens (including phenoxy) is 2. The lowest BCUT2D eigenvalue weighted by atomic mass is 10.1. The zero-order valence-electron chi connectivity index (χ0n) is 16.6. The molecule has 2 N–H and O–H groups in total. The van der Waals surface area contributed by atoms with Gasteiger partial charge >= 0.3 is 0 Å². The number of carbonyl (C=O) groups is 2. The van der Waals surface area contributed by atoms with Crippen LogP contribution in [0.2, 0.25) is 0 Å². The summed E-state index contributed by atoms with van der Waals surface area (Å²) in [6.45, 7) is 1.95. The molecule has 3 rings (SSSR count). The van der Waals surface area contributed by atoms with Crippen LogP contribution >= 0.6 is 0 Å². The maximum absolute atomic E-state index is 12.3. The SMILES string of the molecule is COc1ccc(C(=O)CCC(=O)N/N=C/c2c(C)[nH]c3ccccc23)cc1OC. The van der Waals surface area contributed by atoms with Gasteiger partial charge in [-0.2, -0.15) is 5.10 Å². The van der Waals surface area contributed by atoms with Crippen molar-refractivity contribution in [3.05, 3.63) is 59.3 Å². The second-order valence-electron chi connectivity index (χ2n) is 6.50. The van der Waals surface area contributed by atoms with E-state index in [0.29, 0.717) is 17.1 Å². The highest BCUT2D eigenvalue weighted by atomic mass is 16.5. The van der Waals surface area contributed by atoms with Crippen molar-refractivity contribution >= 4 is 28.8 Å². The molecular formula is C22H23N3O4. The van der Waals surface area contributed by atoms with E-state index in [2.05, 4.69) is 15.5 Å². The van der Waals surface area contributed by atoms with Crippen LogP contribution in [0.5, 0.6) is 11.5 Å². The van der Waals surface area contributed by atoms with Gasteiger partial charge < -0.3 is 14.5 Å². The van der Waals surface area contributed by atoms with E-state index in [4.69, 9.17) is 9.47 Å². The van der Waals surface area contributed by atoms with Gasteiger partial charge in [-0.1, -0.05) is 18.2 Å². The summed E-state index contributed by atoms with van der Waals surface area (Å²) < 4.78 is 10.4. The third-order valence-electron chi connectivity index (χ3n) is 4.61. The van der Waals surface area contributed by atoms with Crippen LogP contribution < -0.4 is 14.9 Å². The summed E-state index contributed by atoms with van der Waals surface area (Å²) in [5.41, 5.74) is 5.84. The number of para-hydroxylation sites is 1. The van der Waals surface area contributed by atoms with E-state index in [1.54, 1.807) is 24.4 Å². The Balaban J connectivity index is 1.56. The number of methoxy groups -OCH3 is 2. The van der Waals surface area contributed by atoms with Crippen molar-refractivity contribution in [3.63, 3.8) is 0 Å². The Morgan fingerprint density at radius 1 is 1.07 bits per heavy atom. The molecule has 0 aliphatic heterocycles. The highest BCUT2D eigenvalue weighted by Gasteiger charge is 2.12. The lowest BCUT2D eigenvalue weighted by molar-refractivity contribution is -0.121. The number of carbonyl (C=O) groups excluding carboxylic acids is 2. The lowest BCUT2D eigenvalue weighted by Gasteiger charge is -2.08. The summed E-state index contributed by atoms with van der Waals surface area (Å²) in [5.74, 6) is 0.537. The average Bonchev–Trinajstić information content (AvgIpc) is 3.06. The number of ketones is 1. The lowest BCUT2D eigenvalue weighted by Crippen LogP contribution is -2.18. The molecule has 29 heavy (non-hydrogen) atoms. The second-order valence-corrected chi connectivity index (χ2v) is 6.50. The molecule has 0 aliphatic carbocycles. The summed E-state index contributed by atoms with van der Waals surface area (Å²) in [5, 5.41) is 5.07. The number of aromatic nitrogens is 1. The Bertz CT molecular complexity index is 1070. The fourth-order valence-corrected chi connectivity index (χ4v) is 3.07. The van der Waals surface area contributed by atoms with Crippen molar-refractivity contribution in [2.24, 2.45) is 5.10 Å². The van der Waals surface area contributed by atoms with E-state index in [-0.39, 0.29) is 24.5 Å². The third kappa shape index (κ3) is 4.63. The summed E-state index contributed by atoms with van der Waals surface area (Å²) in [6, 6.07) is 12.8. The number of aryl methyl sites for hydroxylation is 1. The quantitative estimate of drug-likeness (QED) is 0.347. The van der Waals surface area contributed by atoms with Crippen molar-refractivity contribution in [3.8, 4) is 11.5 Å². The van der Waals surface area contributed by atoms with Gasteiger partial charge in [0, 0.05) is 40.6 Å². The van der Waals surface area contributed by atoms with Crippen LogP contribution in [0.25, 0.3) is 10.9 Å². The van der Waals surface area contributed by atoms with Gasteiger partial charge in [0.25, 0.3) is 0 Å². The molecule has 2 aromatic carbocycles. The molecule has 7 nitrogen and oxygen atoms in total. The fraction of sp³-hybridized carbons (Fsp3) is 0.227. The summed E-state index contributed by atoms with van der Waals surface area (Å²) in [7, 11) is 3.04. The molecule has 0 radical (unpaired) electrons. The molecule has 150 valence electrons.